The van der Waals surface area contributed by atoms with Gasteiger partial charge in [0.25, 0.3) is 0 Å². The zero-order valence-corrected chi connectivity index (χ0v) is 11.2. The summed E-state index contributed by atoms with van der Waals surface area (Å²) in [5.41, 5.74) is 0. The highest BCUT2D eigenvalue weighted by molar-refractivity contribution is 5.82. The van der Waals surface area contributed by atoms with E-state index in [0.29, 0.717) is 23.7 Å². The van der Waals surface area contributed by atoms with Gasteiger partial charge >= 0.3 is 0 Å². The molecular weight excluding hydrogens is 226 g/mol. The lowest BCUT2D eigenvalue weighted by Gasteiger charge is -2.29. The van der Waals surface area contributed by atoms with Crippen LogP contribution in [0, 0.1) is 17.8 Å². The first-order valence-electron chi connectivity index (χ1n) is 7.74. The average Bonchev–Trinajstić information content (AvgIpc) is 3.17. The topological polar surface area (TPSA) is 40.5 Å². The summed E-state index contributed by atoms with van der Waals surface area (Å²) in [6.07, 6.45) is 9.62. The normalized spacial score (nSPS) is 39.9. The standard InChI is InChI=1S/C15H25NO2/c17-10-11-6-2-1-5-9-16(11)15(18)14-12-7-3-4-8-13(12)14/h11-14,17H,1-10H2. The van der Waals surface area contributed by atoms with Crippen LogP contribution in [0.15, 0.2) is 0 Å². The fraction of sp³-hybridized carbons (Fsp3) is 0.933. The van der Waals surface area contributed by atoms with E-state index in [9.17, 15) is 9.90 Å². The van der Waals surface area contributed by atoms with Crippen LogP contribution in [0.25, 0.3) is 0 Å². The Labute approximate surface area is 110 Å². The van der Waals surface area contributed by atoms with Gasteiger partial charge in [0.05, 0.1) is 12.6 Å². The van der Waals surface area contributed by atoms with Crippen LogP contribution in [0.3, 0.4) is 0 Å². The van der Waals surface area contributed by atoms with Gasteiger partial charge in [-0.2, -0.15) is 0 Å². The molecule has 0 spiro atoms. The third-order valence-corrected chi connectivity index (χ3v) is 5.31. The third-order valence-electron chi connectivity index (χ3n) is 5.31. The smallest absolute Gasteiger partial charge is 0.226 e. The van der Waals surface area contributed by atoms with Crippen molar-refractivity contribution in [1.82, 2.24) is 4.90 Å². The number of likely N-dealkylation sites (tertiary alicyclic amines) is 1. The Kier molecular flexibility index (Phi) is 3.60. The van der Waals surface area contributed by atoms with Crippen LogP contribution in [0.1, 0.15) is 51.4 Å². The van der Waals surface area contributed by atoms with Crippen LogP contribution in [0.2, 0.25) is 0 Å². The number of rotatable bonds is 2. The maximum atomic E-state index is 12.7. The first-order chi connectivity index (χ1) is 8.83. The number of amides is 1. The minimum absolute atomic E-state index is 0.0997. The molecule has 3 heteroatoms. The summed E-state index contributed by atoms with van der Waals surface area (Å²) in [7, 11) is 0. The molecule has 2 saturated carbocycles. The Morgan fingerprint density at radius 3 is 2.33 bits per heavy atom. The van der Waals surface area contributed by atoms with E-state index in [1.54, 1.807) is 0 Å². The molecule has 1 aliphatic heterocycles. The van der Waals surface area contributed by atoms with Gasteiger partial charge < -0.3 is 10.0 Å². The highest BCUT2D eigenvalue weighted by Crippen LogP contribution is 2.56. The molecule has 3 nitrogen and oxygen atoms in total. The largest absolute Gasteiger partial charge is 0.394 e. The lowest BCUT2D eigenvalue weighted by molar-refractivity contribution is -0.136. The van der Waals surface area contributed by atoms with Gasteiger partial charge in [0.2, 0.25) is 5.91 Å². The number of hydrogen-bond donors (Lipinski definition) is 1. The average molecular weight is 251 g/mol. The number of aliphatic hydroxyl groups is 1. The van der Waals surface area contributed by atoms with Crippen LogP contribution in [-0.2, 0) is 4.79 Å². The molecule has 0 bridgehead atoms. The molecule has 0 aromatic rings. The zero-order chi connectivity index (χ0) is 12.5. The maximum Gasteiger partial charge on any atom is 0.226 e. The second kappa shape index (κ2) is 5.20. The molecule has 0 aromatic carbocycles. The van der Waals surface area contributed by atoms with Crippen LogP contribution >= 0.6 is 0 Å². The van der Waals surface area contributed by atoms with Gasteiger partial charge in [-0.3, -0.25) is 4.79 Å². The summed E-state index contributed by atoms with van der Waals surface area (Å²) < 4.78 is 0. The van der Waals surface area contributed by atoms with E-state index in [0.717, 1.165) is 25.8 Å². The fourth-order valence-corrected chi connectivity index (χ4v) is 4.21. The summed E-state index contributed by atoms with van der Waals surface area (Å²) in [6, 6.07) is 0.0997. The Balaban J connectivity index is 1.66. The van der Waals surface area contributed by atoms with Crippen molar-refractivity contribution in [2.75, 3.05) is 13.2 Å². The summed E-state index contributed by atoms with van der Waals surface area (Å²) >= 11 is 0. The lowest BCUT2D eigenvalue weighted by atomic mass is 10.0. The van der Waals surface area contributed by atoms with Crippen molar-refractivity contribution in [2.45, 2.75) is 57.4 Å². The summed E-state index contributed by atoms with van der Waals surface area (Å²) in [5, 5.41) is 9.50. The van der Waals surface area contributed by atoms with Crippen molar-refractivity contribution < 1.29 is 9.90 Å². The number of hydrogen-bond acceptors (Lipinski definition) is 2. The number of nitrogens with zero attached hydrogens (tertiary/aromatic N) is 1. The van der Waals surface area contributed by atoms with Gasteiger partial charge in [-0.15, -0.1) is 0 Å². The molecule has 3 unspecified atom stereocenters. The predicted molar refractivity (Wildman–Crippen MR) is 70.0 cm³/mol. The first-order valence-corrected chi connectivity index (χ1v) is 7.74. The monoisotopic (exact) mass is 251 g/mol. The molecule has 3 atom stereocenters. The van der Waals surface area contributed by atoms with Crippen LogP contribution in [-0.4, -0.2) is 35.1 Å². The zero-order valence-electron chi connectivity index (χ0n) is 11.2. The van der Waals surface area contributed by atoms with E-state index >= 15 is 0 Å². The van der Waals surface area contributed by atoms with Crippen molar-refractivity contribution in [3.05, 3.63) is 0 Å². The Bertz CT molecular complexity index is 306. The van der Waals surface area contributed by atoms with E-state index in [1.165, 1.54) is 32.1 Å². The van der Waals surface area contributed by atoms with Gasteiger partial charge in [-0.1, -0.05) is 25.7 Å². The fourth-order valence-electron chi connectivity index (χ4n) is 4.21. The molecule has 1 amide bonds. The maximum absolute atomic E-state index is 12.7. The first kappa shape index (κ1) is 12.5. The second-order valence-corrected chi connectivity index (χ2v) is 6.36. The highest BCUT2D eigenvalue weighted by Gasteiger charge is 2.56. The van der Waals surface area contributed by atoms with Crippen LogP contribution < -0.4 is 0 Å². The quantitative estimate of drug-likeness (QED) is 0.817. The summed E-state index contributed by atoms with van der Waals surface area (Å²) in [5.74, 6) is 2.06. The van der Waals surface area contributed by atoms with E-state index in [4.69, 9.17) is 0 Å². The molecule has 1 N–H and O–H groups in total. The van der Waals surface area contributed by atoms with E-state index in [-0.39, 0.29) is 12.6 Å². The molecule has 3 fully saturated rings. The van der Waals surface area contributed by atoms with E-state index in [1.807, 2.05) is 4.90 Å². The molecule has 0 aromatic heterocycles. The molecular formula is C15H25NO2. The lowest BCUT2D eigenvalue weighted by Crippen LogP contribution is -2.43. The Morgan fingerprint density at radius 2 is 1.67 bits per heavy atom. The van der Waals surface area contributed by atoms with Gasteiger partial charge in [-0.05, 0) is 37.5 Å². The second-order valence-electron chi connectivity index (χ2n) is 6.36. The molecule has 1 heterocycles. The number of carbonyl (C=O) groups excluding carboxylic acids is 1. The molecule has 3 aliphatic rings. The van der Waals surface area contributed by atoms with Gasteiger partial charge in [0.1, 0.15) is 0 Å². The molecule has 3 rings (SSSR count). The van der Waals surface area contributed by atoms with Gasteiger partial charge in [-0.25, -0.2) is 0 Å². The molecule has 18 heavy (non-hydrogen) atoms. The Hall–Kier alpha value is -0.570. The van der Waals surface area contributed by atoms with Crippen molar-refractivity contribution >= 4 is 5.91 Å². The number of fused-ring (bicyclic) bond motifs is 1. The molecule has 2 aliphatic carbocycles. The predicted octanol–water partition coefficient (Wildman–Crippen LogP) is 2.19. The van der Waals surface area contributed by atoms with Crippen molar-refractivity contribution in [1.29, 1.82) is 0 Å². The minimum Gasteiger partial charge on any atom is -0.394 e. The van der Waals surface area contributed by atoms with Crippen LogP contribution in [0.5, 0.6) is 0 Å². The minimum atomic E-state index is 0.0997. The van der Waals surface area contributed by atoms with Crippen molar-refractivity contribution in [2.24, 2.45) is 17.8 Å². The molecule has 1 saturated heterocycles. The molecule has 102 valence electrons. The van der Waals surface area contributed by atoms with Gasteiger partial charge in [0, 0.05) is 12.5 Å². The van der Waals surface area contributed by atoms with E-state index in [2.05, 4.69) is 0 Å². The van der Waals surface area contributed by atoms with Gasteiger partial charge in [0.15, 0.2) is 0 Å². The highest BCUT2D eigenvalue weighted by atomic mass is 16.3. The SMILES string of the molecule is O=C(C1C2CCCCC21)N1CCCCCC1CO. The number of aliphatic hydroxyl groups excluding tert-OH is 1. The molecule has 0 radical (unpaired) electrons. The summed E-state index contributed by atoms with van der Waals surface area (Å²) in [6.45, 7) is 1.02. The van der Waals surface area contributed by atoms with Crippen LogP contribution in [0.4, 0.5) is 0 Å². The summed E-state index contributed by atoms with van der Waals surface area (Å²) in [4.78, 5) is 14.7. The van der Waals surface area contributed by atoms with Crippen molar-refractivity contribution in [3.8, 4) is 0 Å². The van der Waals surface area contributed by atoms with Crippen molar-refractivity contribution in [3.63, 3.8) is 0 Å². The third kappa shape index (κ3) is 2.18. The number of carbonyl (C=O) groups is 1. The Morgan fingerprint density at radius 1 is 1.00 bits per heavy atom. The van der Waals surface area contributed by atoms with E-state index < -0.39 is 0 Å².